The number of hydrogen-bond donors (Lipinski definition) is 4. The van der Waals surface area contributed by atoms with E-state index in [0.717, 1.165) is 18.4 Å². The van der Waals surface area contributed by atoms with Crippen molar-refractivity contribution in [2.45, 2.75) is 50.3 Å². The molecule has 0 saturated carbocycles. The first kappa shape index (κ1) is 19.7. The van der Waals surface area contributed by atoms with Crippen LogP contribution >= 0.6 is 0 Å². The van der Waals surface area contributed by atoms with Crippen molar-refractivity contribution in [2.75, 3.05) is 11.9 Å². The van der Waals surface area contributed by atoms with Crippen LogP contribution in [0.1, 0.15) is 37.6 Å². The van der Waals surface area contributed by atoms with Gasteiger partial charge < -0.3 is 25.4 Å². The summed E-state index contributed by atoms with van der Waals surface area (Å²) in [5.74, 6) is 0.586. The molecule has 29 heavy (non-hydrogen) atoms. The van der Waals surface area contributed by atoms with Crippen LogP contribution in [0.15, 0.2) is 43.0 Å². The number of imidazole rings is 1. The molecule has 154 valence electrons. The highest BCUT2D eigenvalue weighted by molar-refractivity contribution is 5.83. The molecule has 9 heteroatoms. The van der Waals surface area contributed by atoms with Crippen LogP contribution in [0.3, 0.4) is 0 Å². The number of rotatable bonds is 7. The maximum Gasteiger partial charge on any atom is 0.167 e. The molecule has 1 fully saturated rings. The SMILES string of the molecule is CCC[C@@H](Nc1ncnc2c1ncn2[C@@H]1O[C@H](CO)C(O)[C@@H]1O)c1ccccc1. The lowest BCUT2D eigenvalue weighted by Gasteiger charge is -2.20. The molecule has 0 bridgehead atoms. The van der Waals surface area contributed by atoms with E-state index in [9.17, 15) is 15.3 Å². The van der Waals surface area contributed by atoms with Crippen LogP contribution in [0.4, 0.5) is 5.82 Å². The Bertz CT molecular complexity index is 950. The van der Waals surface area contributed by atoms with Gasteiger partial charge in [-0.2, -0.15) is 0 Å². The first-order chi connectivity index (χ1) is 14.1. The van der Waals surface area contributed by atoms with E-state index in [4.69, 9.17) is 4.74 Å². The summed E-state index contributed by atoms with van der Waals surface area (Å²) < 4.78 is 7.17. The van der Waals surface area contributed by atoms with Gasteiger partial charge in [0, 0.05) is 0 Å². The average Bonchev–Trinajstić information content (AvgIpc) is 3.30. The molecule has 5 atom stereocenters. The molecule has 1 unspecified atom stereocenters. The third-order valence-corrected chi connectivity index (χ3v) is 5.24. The minimum Gasteiger partial charge on any atom is -0.394 e. The van der Waals surface area contributed by atoms with Gasteiger partial charge in [-0.1, -0.05) is 43.7 Å². The second-order valence-electron chi connectivity index (χ2n) is 7.17. The van der Waals surface area contributed by atoms with E-state index in [2.05, 4.69) is 39.3 Å². The van der Waals surface area contributed by atoms with Gasteiger partial charge in [0.15, 0.2) is 23.2 Å². The van der Waals surface area contributed by atoms with Gasteiger partial charge >= 0.3 is 0 Å². The Kier molecular flexibility index (Phi) is 5.72. The largest absolute Gasteiger partial charge is 0.394 e. The van der Waals surface area contributed by atoms with Crippen LogP contribution < -0.4 is 5.32 Å². The second-order valence-corrected chi connectivity index (χ2v) is 7.17. The lowest BCUT2D eigenvalue weighted by molar-refractivity contribution is -0.0511. The second kappa shape index (κ2) is 8.42. The summed E-state index contributed by atoms with van der Waals surface area (Å²) in [5.41, 5.74) is 2.17. The normalized spacial score (nSPS) is 25.4. The Morgan fingerprint density at radius 1 is 1.14 bits per heavy atom. The first-order valence-electron chi connectivity index (χ1n) is 9.75. The number of nitrogens with zero attached hydrogens (tertiary/aromatic N) is 4. The van der Waals surface area contributed by atoms with Crippen molar-refractivity contribution in [1.82, 2.24) is 19.5 Å². The molecule has 1 aliphatic rings. The van der Waals surface area contributed by atoms with Crippen LogP contribution in [0, 0.1) is 0 Å². The zero-order valence-corrected chi connectivity index (χ0v) is 16.1. The van der Waals surface area contributed by atoms with E-state index in [1.165, 1.54) is 12.7 Å². The van der Waals surface area contributed by atoms with Crippen LogP contribution in [0.25, 0.3) is 11.2 Å². The first-order valence-corrected chi connectivity index (χ1v) is 9.75. The fourth-order valence-electron chi connectivity index (χ4n) is 3.71. The third kappa shape index (κ3) is 3.69. The molecule has 0 amide bonds. The molecule has 4 rings (SSSR count). The zero-order valence-electron chi connectivity index (χ0n) is 16.1. The summed E-state index contributed by atoms with van der Waals surface area (Å²) in [6.07, 6.45) is 0.708. The summed E-state index contributed by atoms with van der Waals surface area (Å²) in [7, 11) is 0. The number of nitrogens with one attached hydrogen (secondary N) is 1. The van der Waals surface area contributed by atoms with Crippen LogP contribution in [0.5, 0.6) is 0 Å². The number of aliphatic hydroxyl groups excluding tert-OH is 3. The number of fused-ring (bicyclic) bond motifs is 1. The summed E-state index contributed by atoms with van der Waals surface area (Å²) in [6.45, 7) is 1.74. The molecule has 3 heterocycles. The summed E-state index contributed by atoms with van der Waals surface area (Å²) in [5, 5.41) is 33.2. The van der Waals surface area contributed by atoms with Crippen molar-refractivity contribution < 1.29 is 20.1 Å². The van der Waals surface area contributed by atoms with Crippen molar-refractivity contribution in [1.29, 1.82) is 0 Å². The number of benzene rings is 1. The number of anilines is 1. The molecular weight excluding hydrogens is 374 g/mol. The van der Waals surface area contributed by atoms with E-state index in [0.29, 0.717) is 17.0 Å². The zero-order chi connectivity index (χ0) is 20.4. The Morgan fingerprint density at radius 2 is 1.93 bits per heavy atom. The lowest BCUT2D eigenvalue weighted by atomic mass is 10.0. The fraction of sp³-hybridized carbons (Fsp3) is 0.450. The number of aliphatic hydroxyl groups is 3. The van der Waals surface area contributed by atoms with E-state index < -0.39 is 24.5 Å². The summed E-state index contributed by atoms with van der Waals surface area (Å²) in [4.78, 5) is 13.1. The number of ether oxygens (including phenoxy) is 1. The highest BCUT2D eigenvalue weighted by atomic mass is 16.6. The van der Waals surface area contributed by atoms with E-state index in [1.54, 1.807) is 4.57 Å². The predicted octanol–water partition coefficient (Wildman–Crippen LogP) is 1.39. The van der Waals surface area contributed by atoms with Gasteiger partial charge in [0.25, 0.3) is 0 Å². The van der Waals surface area contributed by atoms with Gasteiger partial charge in [-0.15, -0.1) is 0 Å². The lowest BCUT2D eigenvalue weighted by Crippen LogP contribution is -2.33. The molecule has 1 aromatic carbocycles. The van der Waals surface area contributed by atoms with Gasteiger partial charge in [0.05, 0.1) is 19.0 Å². The van der Waals surface area contributed by atoms with Crippen molar-refractivity contribution in [3.8, 4) is 0 Å². The smallest absolute Gasteiger partial charge is 0.167 e. The topological polar surface area (TPSA) is 126 Å². The number of hydrogen-bond acceptors (Lipinski definition) is 8. The molecule has 0 radical (unpaired) electrons. The Balaban J connectivity index is 1.66. The van der Waals surface area contributed by atoms with Crippen LogP contribution in [-0.2, 0) is 4.74 Å². The van der Waals surface area contributed by atoms with Gasteiger partial charge in [0.1, 0.15) is 24.6 Å². The van der Waals surface area contributed by atoms with Crippen molar-refractivity contribution in [2.24, 2.45) is 0 Å². The van der Waals surface area contributed by atoms with E-state index >= 15 is 0 Å². The maximum absolute atomic E-state index is 10.3. The van der Waals surface area contributed by atoms with Gasteiger partial charge in [-0.05, 0) is 12.0 Å². The van der Waals surface area contributed by atoms with E-state index in [-0.39, 0.29) is 12.6 Å². The standard InChI is InChI=1S/C20H25N5O4/c1-2-6-13(12-7-4-3-5-8-12)24-18-15-19(22-10-21-18)25(11-23-15)20-17(28)16(27)14(9-26)29-20/h3-5,7-8,10-11,13-14,16-17,20,26-28H,2,6,9H2,1H3,(H,21,22,24)/t13-,14-,16?,17+,20-/m1/s1. The highest BCUT2D eigenvalue weighted by Crippen LogP contribution is 2.33. The minimum atomic E-state index is -1.20. The quantitative estimate of drug-likeness (QED) is 0.470. The molecular formula is C20H25N5O4. The maximum atomic E-state index is 10.3. The van der Waals surface area contributed by atoms with Crippen molar-refractivity contribution in [3.05, 3.63) is 48.5 Å². The Labute approximate surface area is 168 Å². The number of aromatic nitrogens is 4. The Hall–Kier alpha value is -2.59. The molecule has 0 spiro atoms. The van der Waals surface area contributed by atoms with Crippen molar-refractivity contribution in [3.63, 3.8) is 0 Å². The van der Waals surface area contributed by atoms with Gasteiger partial charge in [-0.3, -0.25) is 4.57 Å². The van der Waals surface area contributed by atoms with Crippen LogP contribution in [0.2, 0.25) is 0 Å². The molecule has 0 aliphatic carbocycles. The summed E-state index contributed by atoms with van der Waals surface area (Å²) >= 11 is 0. The highest BCUT2D eigenvalue weighted by Gasteiger charge is 2.44. The molecule has 9 nitrogen and oxygen atoms in total. The molecule has 4 N–H and O–H groups in total. The third-order valence-electron chi connectivity index (χ3n) is 5.24. The van der Waals surface area contributed by atoms with Gasteiger partial charge in [0.2, 0.25) is 0 Å². The monoisotopic (exact) mass is 399 g/mol. The van der Waals surface area contributed by atoms with E-state index in [1.807, 2.05) is 18.2 Å². The van der Waals surface area contributed by atoms with Crippen LogP contribution in [-0.4, -0.2) is 59.8 Å². The Morgan fingerprint density at radius 3 is 2.62 bits per heavy atom. The van der Waals surface area contributed by atoms with Gasteiger partial charge in [-0.25, -0.2) is 15.0 Å². The molecule has 1 saturated heterocycles. The predicted molar refractivity (Wildman–Crippen MR) is 106 cm³/mol. The minimum absolute atomic E-state index is 0.0679. The molecule has 1 aliphatic heterocycles. The van der Waals surface area contributed by atoms with Crippen molar-refractivity contribution >= 4 is 17.0 Å². The fourth-order valence-corrected chi connectivity index (χ4v) is 3.71. The summed E-state index contributed by atoms with van der Waals surface area (Å²) in [6, 6.07) is 10.2. The average molecular weight is 399 g/mol. The molecule has 2 aromatic heterocycles. The molecule has 3 aromatic rings.